The van der Waals surface area contributed by atoms with E-state index in [1.807, 2.05) is 0 Å². The summed E-state index contributed by atoms with van der Waals surface area (Å²) in [5.41, 5.74) is 0.440. The summed E-state index contributed by atoms with van der Waals surface area (Å²) in [5, 5.41) is 11.9. The lowest BCUT2D eigenvalue weighted by molar-refractivity contribution is -0.104. The summed E-state index contributed by atoms with van der Waals surface area (Å²) in [6.45, 7) is -0.663. The number of hydrogen-bond acceptors (Lipinski definition) is 5. The number of alkyl halides is 2. The fourth-order valence-electron chi connectivity index (χ4n) is 4.06. The minimum Gasteiger partial charge on any atom is -0.394 e. The Labute approximate surface area is 210 Å². The minimum absolute atomic E-state index is 0.140. The zero-order chi connectivity index (χ0) is 26.6. The molecule has 0 fully saturated rings. The maximum Gasteiger partial charge on any atom is 0.312 e. The van der Waals surface area contributed by atoms with Gasteiger partial charge in [-0.15, -0.1) is 0 Å². The van der Waals surface area contributed by atoms with Gasteiger partial charge in [0.15, 0.2) is 0 Å². The van der Waals surface area contributed by atoms with E-state index in [4.69, 9.17) is 4.74 Å². The van der Waals surface area contributed by atoms with E-state index in [9.17, 15) is 14.3 Å². The molecule has 1 aliphatic heterocycles. The first kappa shape index (κ1) is 26.2. The number of pyridine rings is 1. The Bertz CT molecular complexity index is 1320. The molecule has 0 bridgehead atoms. The summed E-state index contributed by atoms with van der Waals surface area (Å²) in [7, 11) is 1.12. The summed E-state index contributed by atoms with van der Waals surface area (Å²) >= 11 is 0. The van der Waals surface area contributed by atoms with Crippen LogP contribution in [0.5, 0.6) is 0 Å². The van der Waals surface area contributed by atoms with Crippen LogP contribution in [0.25, 0.3) is 5.57 Å². The molecule has 0 radical (unpaired) electrons. The Kier molecular flexibility index (Phi) is 7.80. The lowest BCUT2D eigenvalue weighted by atomic mass is 9.97. The van der Waals surface area contributed by atoms with Gasteiger partial charge in [0, 0.05) is 18.9 Å². The zero-order valence-corrected chi connectivity index (χ0v) is 19.7. The fraction of sp³-hybridized carbons (Fsp3) is 0.222. The van der Waals surface area contributed by atoms with Gasteiger partial charge in [-0.2, -0.15) is 8.78 Å². The second-order valence-electron chi connectivity index (χ2n) is 8.29. The first-order chi connectivity index (χ1) is 17.8. The second-order valence-corrected chi connectivity index (χ2v) is 8.29. The van der Waals surface area contributed by atoms with Crippen LogP contribution in [0.1, 0.15) is 27.2 Å². The van der Waals surface area contributed by atoms with E-state index in [1.165, 1.54) is 42.6 Å². The molecule has 2 heterocycles. The fourth-order valence-corrected chi connectivity index (χ4v) is 4.06. The number of aliphatic imine (C=N–C) groups is 1. The third kappa shape index (κ3) is 5.45. The van der Waals surface area contributed by atoms with Crippen molar-refractivity contribution in [3.8, 4) is 0 Å². The molecule has 0 saturated carbocycles. The first-order valence-electron chi connectivity index (χ1n) is 11.3. The number of aliphatic hydroxyl groups excluding tert-OH is 1. The van der Waals surface area contributed by atoms with E-state index in [0.29, 0.717) is 11.1 Å². The molecule has 3 aromatic rings. The average molecular weight is 513 g/mol. The van der Waals surface area contributed by atoms with E-state index in [-0.39, 0.29) is 23.4 Å². The molecule has 0 aliphatic carbocycles. The third-order valence-electron chi connectivity index (χ3n) is 6.00. The van der Waals surface area contributed by atoms with Crippen molar-refractivity contribution in [3.63, 3.8) is 0 Å². The van der Waals surface area contributed by atoms with E-state index < -0.39 is 47.9 Å². The van der Waals surface area contributed by atoms with E-state index in [1.54, 1.807) is 18.2 Å². The summed E-state index contributed by atoms with van der Waals surface area (Å²) in [6.07, 6.45) is 1.25. The highest BCUT2D eigenvalue weighted by Gasteiger charge is 2.48. The van der Waals surface area contributed by atoms with Gasteiger partial charge in [-0.1, -0.05) is 24.3 Å². The van der Waals surface area contributed by atoms with Gasteiger partial charge in [0.25, 0.3) is 5.91 Å². The molecular formula is C27H23F4N3O3. The number of ether oxygens (including phenoxy) is 1. The Morgan fingerprint density at radius 3 is 2.51 bits per heavy atom. The van der Waals surface area contributed by atoms with Crippen LogP contribution in [0.15, 0.2) is 77.9 Å². The van der Waals surface area contributed by atoms with Crippen LogP contribution in [0.3, 0.4) is 0 Å². The van der Waals surface area contributed by atoms with Crippen LogP contribution in [0, 0.1) is 11.6 Å². The minimum atomic E-state index is -3.74. The monoisotopic (exact) mass is 513 g/mol. The number of nitrogens with zero attached hydrogens (tertiary/aromatic N) is 2. The molecule has 2 N–H and O–H groups in total. The summed E-state index contributed by atoms with van der Waals surface area (Å²) < 4.78 is 64.3. The molecule has 0 saturated heterocycles. The van der Waals surface area contributed by atoms with Gasteiger partial charge in [0.05, 0.1) is 24.4 Å². The largest absolute Gasteiger partial charge is 0.394 e. The van der Waals surface area contributed by atoms with Crippen molar-refractivity contribution in [2.24, 2.45) is 4.99 Å². The molecule has 2 atom stereocenters. The standard InChI is InChI=1S/C27H23F4N3O3/c1-37-22(15-35)25(27(30,31)23-7-2-3-12-32-23)34-26(36)19-5-4-6-20(29)24(19)21-13-17(14-33-21)16-8-10-18(28)11-9-16/h2-13,22,25,35H,14-15H2,1H3,(H,34,36)/t22-,25+/m1/s1. The number of aliphatic hydroxyl groups is 1. The molecule has 10 heteroatoms. The quantitative estimate of drug-likeness (QED) is 0.422. The third-order valence-corrected chi connectivity index (χ3v) is 6.00. The number of nitrogens with one attached hydrogen (secondary N) is 1. The predicted octanol–water partition coefficient (Wildman–Crippen LogP) is 4.14. The first-order valence-corrected chi connectivity index (χ1v) is 11.3. The summed E-state index contributed by atoms with van der Waals surface area (Å²) in [6, 6.07) is 11.3. The Morgan fingerprint density at radius 2 is 1.86 bits per heavy atom. The average Bonchev–Trinajstić information content (AvgIpc) is 3.39. The number of aromatic nitrogens is 1. The van der Waals surface area contributed by atoms with Gasteiger partial charge in [-0.3, -0.25) is 14.8 Å². The molecule has 2 aromatic carbocycles. The van der Waals surface area contributed by atoms with E-state index in [2.05, 4.69) is 15.3 Å². The molecular weight excluding hydrogens is 490 g/mol. The maximum atomic E-state index is 15.5. The highest BCUT2D eigenvalue weighted by atomic mass is 19.3. The van der Waals surface area contributed by atoms with Crippen molar-refractivity contribution in [1.82, 2.24) is 10.3 Å². The van der Waals surface area contributed by atoms with E-state index in [0.717, 1.165) is 19.2 Å². The van der Waals surface area contributed by atoms with Crippen molar-refractivity contribution in [2.75, 3.05) is 20.3 Å². The highest BCUT2D eigenvalue weighted by molar-refractivity contribution is 6.19. The van der Waals surface area contributed by atoms with Gasteiger partial charge >= 0.3 is 5.92 Å². The lowest BCUT2D eigenvalue weighted by Gasteiger charge is -2.32. The van der Waals surface area contributed by atoms with Gasteiger partial charge in [0.1, 0.15) is 29.5 Å². The normalized spacial score (nSPS) is 15.1. The van der Waals surface area contributed by atoms with Gasteiger partial charge in [-0.05, 0) is 53.6 Å². The molecule has 4 rings (SSSR count). The predicted molar refractivity (Wildman–Crippen MR) is 129 cm³/mol. The lowest BCUT2D eigenvalue weighted by Crippen LogP contribution is -2.55. The number of halogens is 4. The molecule has 0 spiro atoms. The Hall–Kier alpha value is -3.89. The van der Waals surface area contributed by atoms with Gasteiger partial charge in [-0.25, -0.2) is 8.78 Å². The molecule has 0 unspecified atom stereocenters. The number of carbonyl (C=O) groups excluding carboxylic acids is 1. The number of hydrogen-bond donors (Lipinski definition) is 2. The van der Waals surface area contributed by atoms with Crippen molar-refractivity contribution >= 4 is 17.2 Å². The second kappa shape index (κ2) is 11.0. The van der Waals surface area contributed by atoms with Gasteiger partial charge < -0.3 is 15.2 Å². The number of carbonyl (C=O) groups is 1. The number of amides is 1. The highest BCUT2D eigenvalue weighted by Crippen LogP contribution is 2.33. The Morgan fingerprint density at radius 1 is 1.11 bits per heavy atom. The van der Waals surface area contributed by atoms with Crippen LogP contribution >= 0.6 is 0 Å². The van der Waals surface area contributed by atoms with Crippen molar-refractivity contribution in [1.29, 1.82) is 0 Å². The van der Waals surface area contributed by atoms with Crippen LogP contribution < -0.4 is 5.32 Å². The van der Waals surface area contributed by atoms with Crippen molar-refractivity contribution in [3.05, 3.63) is 107 Å². The molecule has 37 heavy (non-hydrogen) atoms. The zero-order valence-electron chi connectivity index (χ0n) is 19.7. The van der Waals surface area contributed by atoms with Crippen molar-refractivity contribution < 1.29 is 32.2 Å². The SMILES string of the molecule is CO[C@H](CO)[C@H](NC(=O)c1cccc(F)c1C1=NCC(c2ccc(F)cc2)=C1)C(F)(F)c1ccccn1. The van der Waals surface area contributed by atoms with E-state index >= 15 is 13.2 Å². The van der Waals surface area contributed by atoms with Crippen LogP contribution in [0.4, 0.5) is 17.6 Å². The molecule has 1 aromatic heterocycles. The molecule has 6 nitrogen and oxygen atoms in total. The topological polar surface area (TPSA) is 83.8 Å². The maximum absolute atomic E-state index is 15.5. The summed E-state index contributed by atoms with van der Waals surface area (Å²) in [4.78, 5) is 21.3. The van der Waals surface area contributed by atoms with Gasteiger partial charge in [0.2, 0.25) is 0 Å². The van der Waals surface area contributed by atoms with Crippen LogP contribution in [-0.4, -0.2) is 54.1 Å². The number of methoxy groups -OCH3 is 1. The molecule has 1 amide bonds. The summed E-state index contributed by atoms with van der Waals surface area (Å²) in [5.74, 6) is -5.95. The van der Waals surface area contributed by atoms with Crippen LogP contribution in [-0.2, 0) is 10.7 Å². The Balaban J connectivity index is 1.68. The number of benzene rings is 2. The number of allylic oxidation sites excluding steroid dienone is 1. The smallest absolute Gasteiger partial charge is 0.312 e. The molecule has 192 valence electrons. The molecule has 1 aliphatic rings. The van der Waals surface area contributed by atoms with Crippen LogP contribution in [0.2, 0.25) is 0 Å². The van der Waals surface area contributed by atoms with Crippen molar-refractivity contribution in [2.45, 2.75) is 18.1 Å². The number of rotatable bonds is 9.